The Morgan fingerprint density at radius 3 is 2.74 bits per heavy atom. The molecule has 0 bridgehead atoms. The van der Waals surface area contributed by atoms with Gasteiger partial charge in [-0.3, -0.25) is 0 Å². The molecule has 1 aliphatic rings. The summed E-state index contributed by atoms with van der Waals surface area (Å²) in [5.41, 5.74) is 3.38. The number of nitrogens with zero attached hydrogens (tertiary/aromatic N) is 4. The van der Waals surface area contributed by atoms with Crippen LogP contribution in [-0.4, -0.2) is 37.4 Å². The van der Waals surface area contributed by atoms with Gasteiger partial charge in [-0.2, -0.15) is 4.98 Å². The maximum Gasteiger partial charge on any atom is 0.225 e. The Morgan fingerprint density at radius 1 is 1.21 bits per heavy atom. The van der Waals surface area contributed by atoms with Gasteiger partial charge in [0.1, 0.15) is 10.8 Å². The summed E-state index contributed by atoms with van der Waals surface area (Å²) in [4.78, 5) is 14.5. The lowest BCUT2D eigenvalue weighted by Gasteiger charge is -2.33. The summed E-state index contributed by atoms with van der Waals surface area (Å²) in [6, 6.07) is 10.0. The van der Waals surface area contributed by atoms with E-state index in [-0.39, 0.29) is 18.1 Å². The minimum atomic E-state index is -0.196. The number of hydrogen-bond acceptors (Lipinski definition) is 9. The third-order valence-corrected chi connectivity index (χ3v) is 8.13. The van der Waals surface area contributed by atoms with Crippen molar-refractivity contribution in [1.29, 1.82) is 0 Å². The monoisotopic (exact) mass is 478 g/mol. The van der Waals surface area contributed by atoms with Gasteiger partial charge in [0.05, 0.1) is 33.7 Å². The summed E-state index contributed by atoms with van der Waals surface area (Å²) in [6.07, 6.45) is 1.94. The minimum Gasteiger partial charge on any atom is -0.396 e. The number of nitrogens with one attached hydrogen (secondary N) is 2. The molecule has 3 heterocycles. The second-order valence-corrected chi connectivity index (χ2v) is 10.5. The third kappa shape index (κ3) is 4.25. The number of hydrogen-bond donors (Lipinski definition) is 3. The molecule has 5 rings (SSSR count). The summed E-state index contributed by atoms with van der Waals surface area (Å²) in [5.74, 6) is 2.58. The van der Waals surface area contributed by atoms with Crippen molar-refractivity contribution in [3.05, 3.63) is 47.5 Å². The number of aliphatic hydroxyl groups excluding tert-OH is 1. The van der Waals surface area contributed by atoms with E-state index in [2.05, 4.69) is 35.7 Å². The van der Waals surface area contributed by atoms with Crippen molar-refractivity contribution >= 4 is 33.3 Å². The highest BCUT2D eigenvalue weighted by Crippen LogP contribution is 2.44. The molecule has 3 aromatic heterocycles. The number of aryl methyl sites for hydroxylation is 2. The van der Waals surface area contributed by atoms with Gasteiger partial charge >= 0.3 is 0 Å². The van der Waals surface area contributed by atoms with Gasteiger partial charge in [0.2, 0.25) is 5.95 Å². The molecule has 3 atom stereocenters. The fourth-order valence-electron chi connectivity index (χ4n) is 4.82. The van der Waals surface area contributed by atoms with E-state index < -0.39 is 0 Å². The van der Waals surface area contributed by atoms with Gasteiger partial charge in [0.15, 0.2) is 5.76 Å². The van der Waals surface area contributed by atoms with Crippen molar-refractivity contribution < 1.29 is 9.63 Å². The number of rotatable bonds is 7. The fraction of sp³-hybridized carbons (Fsp3) is 0.440. The van der Waals surface area contributed by atoms with Gasteiger partial charge in [-0.25, -0.2) is 9.97 Å². The molecule has 0 spiro atoms. The quantitative estimate of drug-likeness (QED) is 0.333. The predicted octanol–water partition coefficient (Wildman–Crippen LogP) is 5.18. The molecule has 0 amide bonds. The Bertz CT molecular complexity index is 1280. The second-order valence-electron chi connectivity index (χ2n) is 9.44. The lowest BCUT2D eigenvalue weighted by Crippen LogP contribution is -2.40. The van der Waals surface area contributed by atoms with Crippen LogP contribution in [0.3, 0.4) is 0 Å². The van der Waals surface area contributed by atoms with E-state index in [0.717, 1.165) is 56.6 Å². The number of thiazole rings is 1. The van der Waals surface area contributed by atoms with Crippen LogP contribution >= 0.6 is 11.3 Å². The largest absolute Gasteiger partial charge is 0.396 e. The number of benzene rings is 1. The van der Waals surface area contributed by atoms with Crippen LogP contribution in [0.4, 0.5) is 11.8 Å². The number of fused-ring (bicyclic) bond motifs is 1. The molecule has 3 N–H and O–H groups in total. The molecule has 0 unspecified atom stereocenters. The second kappa shape index (κ2) is 8.96. The van der Waals surface area contributed by atoms with Crippen LogP contribution in [-0.2, 0) is 6.54 Å². The van der Waals surface area contributed by atoms with E-state index in [0.29, 0.717) is 18.4 Å². The first-order chi connectivity index (χ1) is 16.4. The first-order valence-electron chi connectivity index (χ1n) is 11.7. The van der Waals surface area contributed by atoms with E-state index in [9.17, 15) is 5.11 Å². The molecule has 1 saturated carbocycles. The molecule has 0 aliphatic heterocycles. The van der Waals surface area contributed by atoms with Crippen molar-refractivity contribution in [3.63, 3.8) is 0 Å². The fourth-order valence-corrected chi connectivity index (χ4v) is 5.89. The summed E-state index contributed by atoms with van der Waals surface area (Å²) in [6.45, 7) is 8.96. The molecule has 1 aliphatic carbocycles. The molecule has 0 saturated heterocycles. The van der Waals surface area contributed by atoms with Crippen molar-refractivity contribution in [1.82, 2.24) is 20.1 Å². The average molecular weight is 479 g/mol. The topological polar surface area (TPSA) is 109 Å². The Hall–Kier alpha value is -3.04. The first-order valence-corrected chi connectivity index (χ1v) is 12.5. The summed E-state index contributed by atoms with van der Waals surface area (Å²) in [5, 5.41) is 21.7. The van der Waals surface area contributed by atoms with E-state index in [1.165, 1.54) is 0 Å². The zero-order chi connectivity index (χ0) is 23.9. The standard InChI is InChI=1S/C25H30N6O2S/c1-14-11-18(33-31-14)12-26-24-27-16(3)21(23-28-19-7-5-6-8-20(19)34-23)22(29-24)30-25(4)10-9-17(13-32)15(25)2/h5-8,11,15,17,32H,9-10,12-13H2,1-4H3,(H2,26,27,29,30)/t15-,17-,25+/m1/s1. The van der Waals surface area contributed by atoms with Crippen molar-refractivity contribution in [2.75, 3.05) is 17.2 Å². The molecule has 8 nitrogen and oxygen atoms in total. The minimum absolute atomic E-state index is 0.196. The molecule has 0 radical (unpaired) electrons. The van der Waals surface area contributed by atoms with Crippen LogP contribution in [0, 0.1) is 25.7 Å². The van der Waals surface area contributed by atoms with E-state index in [4.69, 9.17) is 19.5 Å². The van der Waals surface area contributed by atoms with Gasteiger partial charge in [0, 0.05) is 18.2 Å². The number of aliphatic hydroxyl groups is 1. The zero-order valence-electron chi connectivity index (χ0n) is 19.9. The van der Waals surface area contributed by atoms with Crippen LogP contribution in [0.15, 0.2) is 34.9 Å². The SMILES string of the molecule is Cc1cc(CNc2nc(C)c(-c3nc4ccccc4s3)c(N[C@@]3(C)CC[C@H](CO)[C@H]3C)n2)on1. The summed E-state index contributed by atoms with van der Waals surface area (Å²) >= 11 is 1.65. The van der Waals surface area contributed by atoms with Crippen LogP contribution in [0.1, 0.15) is 43.8 Å². The zero-order valence-corrected chi connectivity index (χ0v) is 20.7. The van der Waals surface area contributed by atoms with Gasteiger partial charge in [-0.05, 0) is 57.6 Å². The smallest absolute Gasteiger partial charge is 0.225 e. The summed E-state index contributed by atoms with van der Waals surface area (Å²) in [7, 11) is 0. The van der Waals surface area contributed by atoms with E-state index >= 15 is 0 Å². The Balaban J connectivity index is 1.54. The Morgan fingerprint density at radius 2 is 2.03 bits per heavy atom. The van der Waals surface area contributed by atoms with E-state index in [1.54, 1.807) is 11.3 Å². The molecular weight excluding hydrogens is 448 g/mol. The van der Waals surface area contributed by atoms with Gasteiger partial charge in [0.25, 0.3) is 0 Å². The third-order valence-electron chi connectivity index (χ3n) is 7.08. The van der Waals surface area contributed by atoms with Crippen molar-refractivity contribution in [2.24, 2.45) is 11.8 Å². The highest BCUT2D eigenvalue weighted by molar-refractivity contribution is 7.21. The molecule has 4 aromatic rings. The molecule has 34 heavy (non-hydrogen) atoms. The van der Waals surface area contributed by atoms with Crippen LogP contribution in [0.25, 0.3) is 20.8 Å². The molecule has 9 heteroatoms. The lowest BCUT2D eigenvalue weighted by atomic mass is 9.86. The maximum atomic E-state index is 9.83. The maximum absolute atomic E-state index is 9.83. The molecule has 1 aromatic carbocycles. The van der Waals surface area contributed by atoms with Gasteiger partial charge in [-0.15, -0.1) is 11.3 Å². The van der Waals surface area contributed by atoms with Crippen molar-refractivity contribution in [2.45, 2.75) is 52.6 Å². The molecule has 178 valence electrons. The highest BCUT2D eigenvalue weighted by atomic mass is 32.1. The van der Waals surface area contributed by atoms with Gasteiger partial charge < -0.3 is 20.3 Å². The van der Waals surface area contributed by atoms with Crippen molar-refractivity contribution in [3.8, 4) is 10.6 Å². The molecular formula is C25H30N6O2S. The normalized spacial score (nSPS) is 22.4. The van der Waals surface area contributed by atoms with Crippen LogP contribution in [0.2, 0.25) is 0 Å². The van der Waals surface area contributed by atoms with Crippen LogP contribution in [0.5, 0.6) is 0 Å². The number of para-hydroxylation sites is 1. The Kier molecular flexibility index (Phi) is 5.99. The van der Waals surface area contributed by atoms with E-state index in [1.807, 2.05) is 38.1 Å². The van der Waals surface area contributed by atoms with Gasteiger partial charge in [-0.1, -0.05) is 24.2 Å². The average Bonchev–Trinajstić information content (AvgIpc) is 3.50. The highest BCUT2D eigenvalue weighted by Gasteiger charge is 2.43. The predicted molar refractivity (Wildman–Crippen MR) is 135 cm³/mol. The lowest BCUT2D eigenvalue weighted by molar-refractivity contribution is 0.187. The Labute approximate surface area is 202 Å². The van der Waals surface area contributed by atoms with Crippen LogP contribution < -0.4 is 10.6 Å². The summed E-state index contributed by atoms with van der Waals surface area (Å²) < 4.78 is 6.45. The number of aromatic nitrogens is 4. The first kappa shape index (κ1) is 22.7. The molecule has 1 fully saturated rings. The number of anilines is 2.